The highest BCUT2D eigenvalue weighted by atomic mass is 16.5. The molecule has 0 N–H and O–H groups in total. The van der Waals surface area contributed by atoms with E-state index in [1.807, 2.05) is 30.3 Å². The highest BCUT2D eigenvalue weighted by Gasteiger charge is 2.09. The maximum atomic E-state index is 5.43. The van der Waals surface area contributed by atoms with Crippen LogP contribution in [0.15, 0.2) is 30.0 Å². The van der Waals surface area contributed by atoms with E-state index < -0.39 is 0 Å². The zero-order valence-corrected chi connectivity index (χ0v) is 6.91. The third-order valence-corrected chi connectivity index (χ3v) is 1.87. The molecule has 0 saturated carbocycles. The van der Waals surface area contributed by atoms with Gasteiger partial charge >= 0.3 is 0 Å². The predicted molar refractivity (Wildman–Crippen MR) is 46.9 cm³/mol. The average Bonchev–Trinajstić information content (AvgIpc) is 2.17. The van der Waals surface area contributed by atoms with E-state index in [-0.39, 0.29) is 0 Å². The fourth-order valence-corrected chi connectivity index (χ4v) is 1.21. The van der Waals surface area contributed by atoms with E-state index in [2.05, 4.69) is 0 Å². The molecule has 1 aromatic rings. The molecule has 0 saturated heterocycles. The van der Waals surface area contributed by atoms with Gasteiger partial charge in [0.25, 0.3) is 0 Å². The van der Waals surface area contributed by atoms with Gasteiger partial charge in [-0.2, -0.15) is 0 Å². The molecule has 12 heavy (non-hydrogen) atoms. The number of fused-ring (bicyclic) bond motifs is 1. The van der Waals surface area contributed by atoms with Gasteiger partial charge in [0.05, 0.1) is 7.11 Å². The third kappa shape index (κ3) is 1.16. The number of benzene rings is 1. The predicted octanol–water partition coefficient (Wildman–Crippen LogP) is 2.07. The Morgan fingerprint density at radius 2 is 2.17 bits per heavy atom. The summed E-state index contributed by atoms with van der Waals surface area (Å²) in [4.78, 5) is 0. The first kappa shape index (κ1) is 7.22. The van der Waals surface area contributed by atoms with E-state index in [9.17, 15) is 0 Å². The van der Waals surface area contributed by atoms with Gasteiger partial charge in [-0.15, -0.1) is 0 Å². The largest absolute Gasteiger partial charge is 0.497 e. The van der Waals surface area contributed by atoms with Crippen LogP contribution in [0.3, 0.4) is 0 Å². The molecule has 1 aliphatic rings. The molecular formula is C10H10O2. The summed E-state index contributed by atoms with van der Waals surface area (Å²) in [5.41, 5.74) is 1.08. The number of ether oxygens (including phenoxy) is 2. The van der Waals surface area contributed by atoms with Crippen molar-refractivity contribution in [3.8, 4) is 5.75 Å². The van der Waals surface area contributed by atoms with E-state index in [1.165, 1.54) is 0 Å². The minimum atomic E-state index is 0.535. The van der Waals surface area contributed by atoms with Crippen LogP contribution in [0, 0.1) is 0 Å². The molecule has 0 aromatic heterocycles. The fraction of sp³-hybridized carbons (Fsp3) is 0.200. The van der Waals surface area contributed by atoms with Gasteiger partial charge in [0.1, 0.15) is 18.1 Å². The summed E-state index contributed by atoms with van der Waals surface area (Å²) in [7, 11) is 1.66. The van der Waals surface area contributed by atoms with E-state index in [1.54, 1.807) is 7.11 Å². The number of hydrogen-bond donors (Lipinski definition) is 0. The van der Waals surface area contributed by atoms with Gasteiger partial charge in [-0.3, -0.25) is 0 Å². The number of hydrogen-bond acceptors (Lipinski definition) is 2. The van der Waals surface area contributed by atoms with Crippen molar-refractivity contribution in [2.75, 3.05) is 13.7 Å². The Hall–Kier alpha value is -1.44. The quantitative estimate of drug-likeness (QED) is 0.629. The molecule has 1 heterocycles. The lowest BCUT2D eigenvalue weighted by Gasteiger charge is -2.16. The van der Waals surface area contributed by atoms with Crippen molar-refractivity contribution in [1.29, 1.82) is 0 Å². The van der Waals surface area contributed by atoms with Crippen LogP contribution in [0.25, 0.3) is 6.08 Å². The zero-order valence-electron chi connectivity index (χ0n) is 6.91. The number of methoxy groups -OCH3 is 1. The van der Waals surface area contributed by atoms with Gasteiger partial charge in [0.2, 0.25) is 0 Å². The molecule has 2 heteroatoms. The topological polar surface area (TPSA) is 18.5 Å². The van der Waals surface area contributed by atoms with Crippen LogP contribution in [0.5, 0.6) is 5.75 Å². The second-order valence-electron chi connectivity index (χ2n) is 2.64. The van der Waals surface area contributed by atoms with E-state index in [0.717, 1.165) is 17.1 Å². The standard InChI is InChI=1S/C10H10O2/c1-11-9-6-8-4-2-3-5-10(8)12-7-9/h2-6H,7H2,1H3. The fourth-order valence-electron chi connectivity index (χ4n) is 1.21. The van der Waals surface area contributed by atoms with Crippen LogP contribution >= 0.6 is 0 Å². The summed E-state index contributed by atoms with van der Waals surface area (Å²) in [6, 6.07) is 7.91. The molecule has 0 aliphatic carbocycles. The first-order valence-corrected chi connectivity index (χ1v) is 3.86. The normalized spacial score (nSPS) is 14.2. The van der Waals surface area contributed by atoms with Crippen LogP contribution in [0.1, 0.15) is 5.56 Å². The molecule has 62 valence electrons. The Labute approximate surface area is 71.4 Å². The van der Waals surface area contributed by atoms with E-state index in [4.69, 9.17) is 9.47 Å². The van der Waals surface area contributed by atoms with Gasteiger partial charge in [0.15, 0.2) is 0 Å². The Morgan fingerprint density at radius 1 is 1.33 bits per heavy atom. The maximum absolute atomic E-state index is 5.43. The number of para-hydroxylation sites is 1. The van der Waals surface area contributed by atoms with Crippen LogP contribution in [-0.2, 0) is 4.74 Å². The maximum Gasteiger partial charge on any atom is 0.145 e. The molecule has 0 unspecified atom stereocenters. The summed E-state index contributed by atoms with van der Waals surface area (Å²) < 4.78 is 10.5. The van der Waals surface area contributed by atoms with Crippen molar-refractivity contribution >= 4 is 6.08 Å². The lowest BCUT2D eigenvalue weighted by atomic mass is 10.1. The van der Waals surface area contributed by atoms with Crippen molar-refractivity contribution in [3.63, 3.8) is 0 Å². The molecule has 1 aliphatic heterocycles. The van der Waals surface area contributed by atoms with E-state index in [0.29, 0.717) is 6.61 Å². The van der Waals surface area contributed by atoms with Crippen molar-refractivity contribution in [2.24, 2.45) is 0 Å². The van der Waals surface area contributed by atoms with Crippen molar-refractivity contribution in [3.05, 3.63) is 35.6 Å². The van der Waals surface area contributed by atoms with Crippen LogP contribution < -0.4 is 4.74 Å². The molecule has 0 atom stereocenters. The van der Waals surface area contributed by atoms with Crippen LogP contribution in [0.2, 0.25) is 0 Å². The van der Waals surface area contributed by atoms with Gasteiger partial charge in [-0.25, -0.2) is 0 Å². The third-order valence-electron chi connectivity index (χ3n) is 1.87. The van der Waals surface area contributed by atoms with Gasteiger partial charge in [-0.05, 0) is 12.1 Å². The summed E-state index contributed by atoms with van der Waals surface area (Å²) in [6.45, 7) is 0.535. The smallest absolute Gasteiger partial charge is 0.145 e. The lowest BCUT2D eigenvalue weighted by molar-refractivity contribution is 0.217. The molecule has 0 fully saturated rings. The van der Waals surface area contributed by atoms with Gasteiger partial charge in [-0.1, -0.05) is 18.2 Å². The van der Waals surface area contributed by atoms with Crippen LogP contribution in [0.4, 0.5) is 0 Å². The van der Waals surface area contributed by atoms with Crippen LogP contribution in [-0.4, -0.2) is 13.7 Å². The molecule has 0 radical (unpaired) electrons. The summed E-state index contributed by atoms with van der Waals surface area (Å²) >= 11 is 0. The first-order chi connectivity index (χ1) is 5.90. The highest BCUT2D eigenvalue weighted by molar-refractivity contribution is 5.60. The molecule has 2 rings (SSSR count). The monoisotopic (exact) mass is 162 g/mol. The molecule has 0 bridgehead atoms. The van der Waals surface area contributed by atoms with Crippen molar-refractivity contribution in [1.82, 2.24) is 0 Å². The highest BCUT2D eigenvalue weighted by Crippen LogP contribution is 2.25. The molecule has 0 amide bonds. The average molecular weight is 162 g/mol. The molecule has 0 spiro atoms. The van der Waals surface area contributed by atoms with Gasteiger partial charge in [0, 0.05) is 5.56 Å². The Kier molecular flexibility index (Phi) is 1.74. The first-order valence-electron chi connectivity index (χ1n) is 3.86. The number of rotatable bonds is 1. The van der Waals surface area contributed by atoms with Crippen molar-refractivity contribution in [2.45, 2.75) is 0 Å². The lowest BCUT2D eigenvalue weighted by Crippen LogP contribution is -2.07. The molecular weight excluding hydrogens is 152 g/mol. The second-order valence-corrected chi connectivity index (χ2v) is 2.64. The summed E-state index contributed by atoms with van der Waals surface area (Å²) in [5, 5.41) is 0. The zero-order chi connectivity index (χ0) is 8.39. The Bertz CT molecular complexity index is 315. The minimum absolute atomic E-state index is 0.535. The Balaban J connectivity index is 2.41. The second kappa shape index (κ2) is 2.89. The summed E-state index contributed by atoms with van der Waals surface area (Å²) in [6.07, 6.45) is 2.00. The van der Waals surface area contributed by atoms with Crippen molar-refractivity contribution < 1.29 is 9.47 Å². The molecule has 2 nitrogen and oxygen atoms in total. The van der Waals surface area contributed by atoms with E-state index >= 15 is 0 Å². The minimum Gasteiger partial charge on any atom is -0.497 e. The van der Waals surface area contributed by atoms with Gasteiger partial charge < -0.3 is 9.47 Å². The SMILES string of the molecule is COC1=Cc2ccccc2OC1. The Morgan fingerprint density at radius 3 is 3.00 bits per heavy atom. The molecule has 1 aromatic carbocycles. The summed E-state index contributed by atoms with van der Waals surface area (Å²) in [5.74, 6) is 1.80.